The summed E-state index contributed by atoms with van der Waals surface area (Å²) in [6.45, 7) is 2.77. The van der Waals surface area contributed by atoms with E-state index in [1.165, 1.54) is 0 Å². The summed E-state index contributed by atoms with van der Waals surface area (Å²) < 4.78 is 0. The van der Waals surface area contributed by atoms with Gasteiger partial charge in [-0.1, -0.05) is 0 Å². The highest BCUT2D eigenvalue weighted by atomic mass is 16.2. The summed E-state index contributed by atoms with van der Waals surface area (Å²) in [6.07, 6.45) is 5.21. The number of nitrogens with one attached hydrogen (secondary N) is 2. The number of carbonyl (C=O) groups is 1. The molecule has 0 bridgehead atoms. The Morgan fingerprint density at radius 1 is 1.30 bits per heavy atom. The number of amides is 1. The fourth-order valence-corrected chi connectivity index (χ4v) is 2.87. The molecular formula is C17H17N5O. The smallest absolute Gasteiger partial charge is 0.227 e. The van der Waals surface area contributed by atoms with Gasteiger partial charge in [0.25, 0.3) is 0 Å². The van der Waals surface area contributed by atoms with Gasteiger partial charge in [0.2, 0.25) is 11.9 Å². The van der Waals surface area contributed by atoms with Crippen LogP contribution in [0.4, 0.5) is 17.3 Å². The van der Waals surface area contributed by atoms with Crippen molar-refractivity contribution < 1.29 is 4.79 Å². The van der Waals surface area contributed by atoms with E-state index in [9.17, 15) is 4.79 Å². The second-order valence-corrected chi connectivity index (χ2v) is 5.78. The Balaban J connectivity index is 1.67. The maximum absolute atomic E-state index is 11.9. The zero-order valence-electron chi connectivity index (χ0n) is 12.8. The molecule has 0 radical (unpaired) electrons. The monoisotopic (exact) mass is 307 g/mol. The van der Waals surface area contributed by atoms with E-state index in [2.05, 4.69) is 20.3 Å². The SMILES string of the molecule is Cc1cc(Nc2ncc3ccc(N4CCCC4=O)cc3n2)c[nH]1. The molecule has 0 saturated carbocycles. The predicted molar refractivity (Wildman–Crippen MR) is 89.9 cm³/mol. The van der Waals surface area contributed by atoms with E-state index in [0.717, 1.165) is 40.9 Å². The Morgan fingerprint density at radius 3 is 2.96 bits per heavy atom. The van der Waals surface area contributed by atoms with Gasteiger partial charge in [-0.25, -0.2) is 9.97 Å². The van der Waals surface area contributed by atoms with Gasteiger partial charge < -0.3 is 15.2 Å². The minimum absolute atomic E-state index is 0.180. The first-order valence-corrected chi connectivity index (χ1v) is 7.68. The molecule has 2 N–H and O–H groups in total. The summed E-state index contributed by atoms with van der Waals surface area (Å²) in [5.41, 5.74) is 3.73. The molecule has 3 heterocycles. The molecule has 23 heavy (non-hydrogen) atoms. The van der Waals surface area contributed by atoms with E-state index >= 15 is 0 Å². The van der Waals surface area contributed by atoms with Gasteiger partial charge in [-0.3, -0.25) is 4.79 Å². The average molecular weight is 307 g/mol. The molecule has 6 heteroatoms. The third-order valence-electron chi connectivity index (χ3n) is 4.03. The first kappa shape index (κ1) is 13.8. The van der Waals surface area contributed by atoms with Crippen molar-refractivity contribution in [2.24, 2.45) is 0 Å². The Hall–Kier alpha value is -2.89. The number of hydrogen-bond acceptors (Lipinski definition) is 4. The van der Waals surface area contributed by atoms with Crippen molar-refractivity contribution in [3.63, 3.8) is 0 Å². The number of hydrogen-bond donors (Lipinski definition) is 2. The van der Waals surface area contributed by atoms with Crippen LogP contribution in [-0.2, 0) is 4.79 Å². The second kappa shape index (κ2) is 5.39. The van der Waals surface area contributed by atoms with Gasteiger partial charge in [0.1, 0.15) is 0 Å². The summed E-state index contributed by atoms with van der Waals surface area (Å²) >= 11 is 0. The first-order chi connectivity index (χ1) is 11.2. The normalized spacial score (nSPS) is 14.7. The molecule has 0 unspecified atom stereocenters. The van der Waals surface area contributed by atoms with Crippen LogP contribution < -0.4 is 10.2 Å². The van der Waals surface area contributed by atoms with E-state index in [1.807, 2.05) is 42.3 Å². The van der Waals surface area contributed by atoms with Gasteiger partial charge in [-0.15, -0.1) is 0 Å². The van der Waals surface area contributed by atoms with Gasteiger partial charge in [0.05, 0.1) is 11.2 Å². The lowest BCUT2D eigenvalue weighted by Gasteiger charge is -2.16. The molecule has 6 nitrogen and oxygen atoms in total. The minimum atomic E-state index is 0.180. The summed E-state index contributed by atoms with van der Waals surface area (Å²) in [6, 6.07) is 7.86. The van der Waals surface area contributed by atoms with Crippen molar-refractivity contribution >= 4 is 34.1 Å². The first-order valence-electron chi connectivity index (χ1n) is 7.68. The highest BCUT2D eigenvalue weighted by Gasteiger charge is 2.21. The number of rotatable bonds is 3. The largest absolute Gasteiger partial charge is 0.363 e. The van der Waals surface area contributed by atoms with E-state index in [0.29, 0.717) is 12.4 Å². The number of benzene rings is 1. The topological polar surface area (TPSA) is 73.9 Å². The number of aromatic amines is 1. The molecule has 0 spiro atoms. The minimum Gasteiger partial charge on any atom is -0.363 e. The lowest BCUT2D eigenvalue weighted by Crippen LogP contribution is -2.23. The van der Waals surface area contributed by atoms with Crippen molar-refractivity contribution in [2.45, 2.75) is 19.8 Å². The highest BCUT2D eigenvalue weighted by molar-refractivity contribution is 5.97. The highest BCUT2D eigenvalue weighted by Crippen LogP contribution is 2.25. The van der Waals surface area contributed by atoms with Gasteiger partial charge >= 0.3 is 0 Å². The number of H-pyrrole nitrogens is 1. The molecule has 0 aliphatic carbocycles. The van der Waals surface area contributed by atoms with Crippen LogP contribution in [0.25, 0.3) is 10.9 Å². The molecule has 1 aromatic carbocycles. The molecule has 1 amide bonds. The maximum Gasteiger partial charge on any atom is 0.227 e. The van der Waals surface area contributed by atoms with Crippen LogP contribution in [0.1, 0.15) is 18.5 Å². The molecule has 2 aromatic heterocycles. The molecule has 0 atom stereocenters. The van der Waals surface area contributed by atoms with E-state index in [1.54, 1.807) is 6.20 Å². The van der Waals surface area contributed by atoms with Crippen molar-refractivity contribution in [3.8, 4) is 0 Å². The zero-order valence-corrected chi connectivity index (χ0v) is 12.8. The van der Waals surface area contributed by atoms with Crippen LogP contribution >= 0.6 is 0 Å². The summed E-state index contributed by atoms with van der Waals surface area (Å²) in [7, 11) is 0. The Morgan fingerprint density at radius 2 is 2.22 bits per heavy atom. The van der Waals surface area contributed by atoms with Crippen molar-refractivity contribution in [2.75, 3.05) is 16.8 Å². The maximum atomic E-state index is 11.9. The van der Waals surface area contributed by atoms with Gasteiger partial charge in [-0.2, -0.15) is 0 Å². The Labute approximate surface area is 133 Å². The summed E-state index contributed by atoms with van der Waals surface area (Å²) in [4.78, 5) is 25.7. The number of nitrogens with zero attached hydrogens (tertiary/aromatic N) is 3. The van der Waals surface area contributed by atoms with Gasteiger partial charge in [-0.05, 0) is 37.6 Å². The average Bonchev–Trinajstić information content (AvgIpc) is 3.15. The molecule has 1 aliphatic heterocycles. The predicted octanol–water partition coefficient (Wildman–Crippen LogP) is 3.14. The van der Waals surface area contributed by atoms with Gasteiger partial charge in [0, 0.05) is 42.1 Å². The van der Waals surface area contributed by atoms with E-state index in [-0.39, 0.29) is 5.91 Å². The molecule has 1 fully saturated rings. The molecule has 1 saturated heterocycles. The third kappa shape index (κ3) is 2.63. The Bertz CT molecular complexity index is 886. The van der Waals surface area contributed by atoms with Crippen LogP contribution in [-0.4, -0.2) is 27.4 Å². The molecule has 116 valence electrons. The van der Waals surface area contributed by atoms with Crippen molar-refractivity contribution in [3.05, 3.63) is 42.4 Å². The van der Waals surface area contributed by atoms with Crippen molar-refractivity contribution in [1.82, 2.24) is 15.0 Å². The standard InChI is InChI=1S/C17H17N5O/c1-11-7-13(10-18-11)20-17-19-9-12-4-5-14(8-15(12)21-17)22-6-2-3-16(22)23/h4-5,7-10,18H,2-3,6H2,1H3,(H,19,20,21). The van der Waals surface area contributed by atoms with Crippen LogP contribution in [0.5, 0.6) is 0 Å². The third-order valence-corrected chi connectivity index (χ3v) is 4.03. The lowest BCUT2D eigenvalue weighted by atomic mass is 10.2. The van der Waals surface area contributed by atoms with E-state index < -0.39 is 0 Å². The van der Waals surface area contributed by atoms with Crippen LogP contribution in [0.3, 0.4) is 0 Å². The van der Waals surface area contributed by atoms with Crippen LogP contribution in [0, 0.1) is 6.92 Å². The number of aryl methyl sites for hydroxylation is 1. The summed E-state index contributed by atoms with van der Waals surface area (Å²) in [5.74, 6) is 0.723. The van der Waals surface area contributed by atoms with Crippen LogP contribution in [0.15, 0.2) is 36.7 Å². The number of carbonyl (C=O) groups excluding carboxylic acids is 1. The Kier molecular flexibility index (Phi) is 3.22. The van der Waals surface area contributed by atoms with E-state index in [4.69, 9.17) is 0 Å². The fourth-order valence-electron chi connectivity index (χ4n) is 2.87. The summed E-state index contributed by atoms with van der Waals surface area (Å²) in [5, 5.41) is 4.14. The quantitative estimate of drug-likeness (QED) is 0.779. The molecule has 1 aliphatic rings. The lowest BCUT2D eigenvalue weighted by molar-refractivity contribution is -0.117. The van der Waals surface area contributed by atoms with Crippen LogP contribution in [0.2, 0.25) is 0 Å². The molecule has 3 aromatic rings. The second-order valence-electron chi connectivity index (χ2n) is 5.78. The number of aromatic nitrogens is 3. The molecule has 4 rings (SSSR count). The zero-order chi connectivity index (χ0) is 15.8. The number of anilines is 3. The van der Waals surface area contributed by atoms with Crippen molar-refractivity contribution in [1.29, 1.82) is 0 Å². The van der Waals surface area contributed by atoms with Gasteiger partial charge in [0.15, 0.2) is 0 Å². The fraction of sp³-hybridized carbons (Fsp3) is 0.235. The number of fused-ring (bicyclic) bond motifs is 1. The molecular weight excluding hydrogens is 290 g/mol.